The third-order valence-corrected chi connectivity index (χ3v) is 4.17. The van der Waals surface area contributed by atoms with E-state index in [-0.39, 0.29) is 5.91 Å². The highest BCUT2D eigenvalue weighted by atomic mass is 32.1. The largest absolute Gasteiger partial charge is 0.374 e. The van der Waals surface area contributed by atoms with Crippen molar-refractivity contribution in [3.63, 3.8) is 0 Å². The van der Waals surface area contributed by atoms with Crippen molar-refractivity contribution in [3.8, 4) is 0 Å². The second-order valence-corrected chi connectivity index (χ2v) is 5.97. The standard InChI is InChI=1S/C12H21N5OS/c1-4-5-13-10-9(15-16-19-10)8-17-7-6-14-11(18)12(17,2)3/h13H,4-8H2,1-3H3,(H,14,18). The van der Waals surface area contributed by atoms with Crippen molar-refractivity contribution in [3.05, 3.63) is 5.69 Å². The number of nitrogens with one attached hydrogen (secondary N) is 2. The maximum atomic E-state index is 11.9. The van der Waals surface area contributed by atoms with Crippen LogP contribution < -0.4 is 10.6 Å². The Balaban J connectivity index is 2.08. The number of amides is 1. The van der Waals surface area contributed by atoms with Crippen molar-refractivity contribution >= 4 is 22.4 Å². The zero-order valence-corrected chi connectivity index (χ0v) is 12.5. The summed E-state index contributed by atoms with van der Waals surface area (Å²) >= 11 is 1.38. The molecule has 0 atom stereocenters. The van der Waals surface area contributed by atoms with Gasteiger partial charge < -0.3 is 10.6 Å². The molecule has 2 rings (SSSR count). The molecule has 0 aromatic carbocycles. The Labute approximate surface area is 117 Å². The van der Waals surface area contributed by atoms with E-state index in [2.05, 4.69) is 32.0 Å². The van der Waals surface area contributed by atoms with Crippen LogP contribution >= 0.6 is 11.5 Å². The molecular formula is C12H21N5OS. The fraction of sp³-hybridized carbons (Fsp3) is 0.750. The van der Waals surface area contributed by atoms with E-state index < -0.39 is 5.54 Å². The van der Waals surface area contributed by atoms with Gasteiger partial charge in [-0.2, -0.15) is 0 Å². The number of hydrogen-bond acceptors (Lipinski definition) is 6. The van der Waals surface area contributed by atoms with Gasteiger partial charge in [-0.3, -0.25) is 9.69 Å². The summed E-state index contributed by atoms with van der Waals surface area (Å²) in [4.78, 5) is 14.1. The van der Waals surface area contributed by atoms with Gasteiger partial charge in [0, 0.05) is 37.7 Å². The van der Waals surface area contributed by atoms with Crippen molar-refractivity contribution in [2.75, 3.05) is 25.0 Å². The van der Waals surface area contributed by atoms with Gasteiger partial charge in [0.25, 0.3) is 0 Å². The van der Waals surface area contributed by atoms with Gasteiger partial charge in [-0.1, -0.05) is 11.4 Å². The maximum absolute atomic E-state index is 11.9. The van der Waals surface area contributed by atoms with Gasteiger partial charge in [0.2, 0.25) is 5.91 Å². The molecule has 6 nitrogen and oxygen atoms in total. The zero-order valence-electron chi connectivity index (χ0n) is 11.7. The molecule has 1 aromatic rings. The number of anilines is 1. The van der Waals surface area contributed by atoms with E-state index in [9.17, 15) is 4.79 Å². The maximum Gasteiger partial charge on any atom is 0.240 e. The smallest absolute Gasteiger partial charge is 0.240 e. The molecule has 106 valence electrons. The van der Waals surface area contributed by atoms with E-state index in [4.69, 9.17) is 0 Å². The van der Waals surface area contributed by atoms with Crippen molar-refractivity contribution in [1.82, 2.24) is 19.8 Å². The first-order valence-corrected chi connectivity index (χ1v) is 7.41. The van der Waals surface area contributed by atoms with Gasteiger partial charge in [-0.05, 0) is 20.3 Å². The number of piperazine rings is 1. The van der Waals surface area contributed by atoms with Crippen LogP contribution in [-0.2, 0) is 11.3 Å². The highest BCUT2D eigenvalue weighted by Gasteiger charge is 2.38. The van der Waals surface area contributed by atoms with Crippen molar-refractivity contribution < 1.29 is 4.79 Å². The van der Waals surface area contributed by atoms with Crippen LogP contribution in [0.25, 0.3) is 0 Å². The third-order valence-electron chi connectivity index (χ3n) is 3.45. The summed E-state index contributed by atoms with van der Waals surface area (Å²) in [6, 6.07) is 0. The lowest BCUT2D eigenvalue weighted by atomic mass is 9.99. The second-order valence-electron chi connectivity index (χ2n) is 5.21. The molecule has 1 aliphatic rings. The molecule has 1 aliphatic heterocycles. The van der Waals surface area contributed by atoms with E-state index >= 15 is 0 Å². The SMILES string of the molecule is CCCNc1snnc1CN1CCNC(=O)C1(C)C. The highest BCUT2D eigenvalue weighted by molar-refractivity contribution is 7.10. The van der Waals surface area contributed by atoms with Crippen LogP contribution in [0.2, 0.25) is 0 Å². The normalized spacial score (nSPS) is 19.2. The van der Waals surface area contributed by atoms with Crippen LogP contribution in [0.4, 0.5) is 5.00 Å². The van der Waals surface area contributed by atoms with Gasteiger partial charge >= 0.3 is 0 Å². The summed E-state index contributed by atoms with van der Waals surface area (Å²) in [6.45, 7) is 9.12. The predicted molar refractivity (Wildman–Crippen MR) is 76.2 cm³/mol. The molecule has 2 heterocycles. The molecule has 1 amide bonds. The summed E-state index contributed by atoms with van der Waals surface area (Å²) in [6.07, 6.45) is 1.06. The molecule has 0 aliphatic carbocycles. The highest BCUT2D eigenvalue weighted by Crippen LogP contribution is 2.24. The third kappa shape index (κ3) is 3.03. The van der Waals surface area contributed by atoms with Gasteiger partial charge in [0.1, 0.15) is 10.7 Å². The Morgan fingerprint density at radius 3 is 3.05 bits per heavy atom. The lowest BCUT2D eigenvalue weighted by molar-refractivity contribution is -0.135. The minimum Gasteiger partial charge on any atom is -0.374 e. The van der Waals surface area contributed by atoms with E-state index in [1.165, 1.54) is 11.5 Å². The molecule has 0 spiro atoms. The molecular weight excluding hydrogens is 262 g/mol. The molecule has 7 heteroatoms. The molecule has 0 bridgehead atoms. The lowest BCUT2D eigenvalue weighted by Gasteiger charge is -2.40. The number of aromatic nitrogens is 2. The zero-order chi connectivity index (χ0) is 13.9. The average molecular weight is 283 g/mol. The summed E-state index contributed by atoms with van der Waals surface area (Å²) in [5.41, 5.74) is 0.436. The van der Waals surface area contributed by atoms with E-state index in [0.717, 1.165) is 30.2 Å². The van der Waals surface area contributed by atoms with Crippen LogP contribution in [0.15, 0.2) is 0 Å². The number of carbonyl (C=O) groups is 1. The molecule has 1 aromatic heterocycles. The Morgan fingerprint density at radius 2 is 2.32 bits per heavy atom. The molecule has 1 fully saturated rings. The summed E-state index contributed by atoms with van der Waals surface area (Å²) < 4.78 is 4.01. The molecule has 0 unspecified atom stereocenters. The number of hydrogen-bond donors (Lipinski definition) is 2. The van der Waals surface area contributed by atoms with E-state index in [1.54, 1.807) is 0 Å². The molecule has 0 radical (unpaired) electrons. The van der Waals surface area contributed by atoms with Crippen molar-refractivity contribution in [2.24, 2.45) is 0 Å². The van der Waals surface area contributed by atoms with Gasteiger partial charge in [0.15, 0.2) is 0 Å². The fourth-order valence-corrected chi connectivity index (χ4v) is 2.68. The minimum atomic E-state index is -0.496. The number of rotatable bonds is 5. The Hall–Kier alpha value is -1.21. The Bertz CT molecular complexity index is 445. The monoisotopic (exact) mass is 283 g/mol. The van der Waals surface area contributed by atoms with Gasteiger partial charge in [-0.15, -0.1) is 5.10 Å². The van der Waals surface area contributed by atoms with E-state index in [0.29, 0.717) is 13.1 Å². The first-order chi connectivity index (χ1) is 9.05. The lowest BCUT2D eigenvalue weighted by Crippen LogP contribution is -2.61. The fourth-order valence-electron chi connectivity index (χ4n) is 2.09. The quantitative estimate of drug-likeness (QED) is 0.846. The van der Waals surface area contributed by atoms with Gasteiger partial charge in [0.05, 0.1) is 5.54 Å². The first-order valence-electron chi connectivity index (χ1n) is 6.64. The number of carbonyl (C=O) groups excluding carboxylic acids is 1. The van der Waals surface area contributed by atoms with Crippen LogP contribution in [-0.4, -0.2) is 45.6 Å². The Morgan fingerprint density at radius 1 is 1.53 bits per heavy atom. The van der Waals surface area contributed by atoms with Crippen LogP contribution in [0.3, 0.4) is 0 Å². The van der Waals surface area contributed by atoms with Crippen LogP contribution in [0.5, 0.6) is 0 Å². The predicted octanol–water partition coefficient (Wildman–Crippen LogP) is 1.07. The van der Waals surface area contributed by atoms with Crippen molar-refractivity contribution in [2.45, 2.75) is 39.3 Å². The van der Waals surface area contributed by atoms with Crippen LogP contribution in [0.1, 0.15) is 32.9 Å². The average Bonchev–Trinajstić information content (AvgIpc) is 2.80. The molecule has 0 saturated carbocycles. The summed E-state index contributed by atoms with van der Waals surface area (Å²) in [5, 5.41) is 11.4. The Kier molecular flexibility index (Phi) is 4.36. The molecule has 1 saturated heterocycles. The summed E-state index contributed by atoms with van der Waals surface area (Å²) in [5.74, 6) is 0.0741. The van der Waals surface area contributed by atoms with E-state index in [1.807, 2.05) is 13.8 Å². The summed E-state index contributed by atoms with van der Waals surface area (Å²) in [7, 11) is 0. The van der Waals surface area contributed by atoms with Crippen molar-refractivity contribution in [1.29, 1.82) is 0 Å². The molecule has 19 heavy (non-hydrogen) atoms. The molecule has 2 N–H and O–H groups in total. The van der Waals surface area contributed by atoms with Gasteiger partial charge in [-0.25, -0.2) is 0 Å². The second kappa shape index (κ2) is 5.83. The number of nitrogens with zero attached hydrogens (tertiary/aromatic N) is 3. The van der Waals surface area contributed by atoms with Crippen LogP contribution in [0, 0.1) is 0 Å². The minimum absolute atomic E-state index is 0.0741. The first kappa shape index (κ1) is 14.2. The topological polar surface area (TPSA) is 70.2 Å².